The van der Waals surface area contributed by atoms with Crippen LogP contribution in [0.5, 0.6) is 0 Å². The quantitative estimate of drug-likeness (QED) is 0.0994. The molecule has 0 rings (SSSR count). The molecule has 0 aromatic carbocycles. The second-order valence-corrected chi connectivity index (χ2v) is 21.2. The van der Waals surface area contributed by atoms with Crippen LogP contribution in [0.25, 0.3) is 0 Å². The standard InChI is InChI=1S/C26H62O12Si4/c1-13-27-39(28-14-2,29-15-3)25-26(40(30-16-4,31-17-5)32-18-6,41(33-19-7,34-20-8)35-21-9)42(36-22-10,37-23-11)38-24-12/h13-25H2,1-12H3. The van der Waals surface area contributed by atoms with Gasteiger partial charge in [-0.1, -0.05) is 0 Å². The lowest BCUT2D eigenvalue weighted by Gasteiger charge is -2.56. The van der Waals surface area contributed by atoms with Gasteiger partial charge in [0.25, 0.3) is 0 Å². The van der Waals surface area contributed by atoms with E-state index in [4.69, 9.17) is 53.1 Å². The lowest BCUT2D eigenvalue weighted by Crippen LogP contribution is -2.83. The Hall–Kier alpha value is 0.388. The first kappa shape index (κ1) is 42.4. The zero-order valence-electron chi connectivity index (χ0n) is 28.6. The minimum Gasteiger partial charge on any atom is -0.374 e. The van der Waals surface area contributed by atoms with Gasteiger partial charge in [0.2, 0.25) is 0 Å². The maximum absolute atomic E-state index is 6.79. The van der Waals surface area contributed by atoms with Crippen LogP contribution in [0.2, 0.25) is 10.3 Å². The van der Waals surface area contributed by atoms with E-state index >= 15 is 0 Å². The molecule has 0 fully saturated rings. The summed E-state index contributed by atoms with van der Waals surface area (Å²) < 4.78 is 79.1. The molecule has 0 aliphatic heterocycles. The predicted molar refractivity (Wildman–Crippen MR) is 170 cm³/mol. The summed E-state index contributed by atoms with van der Waals surface area (Å²) >= 11 is 0. The Labute approximate surface area is 260 Å². The number of hydrogen-bond donors (Lipinski definition) is 0. The molecule has 0 aromatic rings. The molecule has 0 aromatic heterocycles. The Balaban J connectivity index is 8.89. The Kier molecular flexibility index (Phi) is 22.2. The summed E-state index contributed by atoms with van der Waals surface area (Å²) in [5, 5.41) is 0. The second kappa shape index (κ2) is 22.0. The van der Waals surface area contributed by atoms with Crippen molar-refractivity contribution in [3.63, 3.8) is 0 Å². The van der Waals surface area contributed by atoms with Gasteiger partial charge in [0.1, 0.15) is 0 Å². The third-order valence-corrected chi connectivity index (χ3v) is 25.6. The molecule has 0 heterocycles. The fourth-order valence-electron chi connectivity index (χ4n) is 5.34. The van der Waals surface area contributed by atoms with Crippen molar-refractivity contribution in [2.24, 2.45) is 0 Å². The summed E-state index contributed by atoms with van der Waals surface area (Å²) in [6.07, 6.45) is 0. The monoisotopic (exact) mass is 678 g/mol. The van der Waals surface area contributed by atoms with E-state index in [0.717, 1.165) is 0 Å². The molecule has 0 saturated carbocycles. The number of hydrogen-bond acceptors (Lipinski definition) is 12. The molecular formula is C26H62O12Si4. The molecule has 0 aliphatic carbocycles. The molecule has 254 valence electrons. The van der Waals surface area contributed by atoms with Crippen molar-refractivity contribution in [3.05, 3.63) is 0 Å². The van der Waals surface area contributed by atoms with Crippen LogP contribution in [0.3, 0.4) is 0 Å². The van der Waals surface area contributed by atoms with Crippen LogP contribution in [0.4, 0.5) is 0 Å². The van der Waals surface area contributed by atoms with Gasteiger partial charge in [-0.15, -0.1) is 0 Å². The zero-order chi connectivity index (χ0) is 32.2. The van der Waals surface area contributed by atoms with Crippen LogP contribution in [0, 0.1) is 0 Å². The maximum Gasteiger partial charge on any atom is 0.516 e. The second-order valence-electron chi connectivity index (χ2n) is 8.63. The molecule has 0 aliphatic rings. The van der Waals surface area contributed by atoms with Gasteiger partial charge in [-0.25, -0.2) is 0 Å². The minimum absolute atomic E-state index is 0.0557. The van der Waals surface area contributed by atoms with Crippen LogP contribution in [-0.2, 0) is 53.1 Å². The van der Waals surface area contributed by atoms with E-state index in [1.54, 1.807) is 0 Å². The third-order valence-electron chi connectivity index (χ3n) is 6.15. The average Bonchev–Trinajstić information content (AvgIpc) is 2.93. The van der Waals surface area contributed by atoms with Crippen molar-refractivity contribution >= 4 is 35.2 Å². The molecule has 0 atom stereocenters. The fraction of sp³-hybridized carbons (Fsp3) is 1.00. The van der Waals surface area contributed by atoms with E-state index in [-0.39, 0.29) is 65.5 Å². The summed E-state index contributed by atoms with van der Waals surface area (Å²) in [6, 6.07) is 0.0557. The largest absolute Gasteiger partial charge is 0.516 e. The molecule has 0 spiro atoms. The van der Waals surface area contributed by atoms with Crippen molar-refractivity contribution in [1.82, 2.24) is 0 Å². The van der Waals surface area contributed by atoms with Gasteiger partial charge in [-0.3, -0.25) is 0 Å². The Morgan fingerprint density at radius 1 is 0.286 bits per heavy atom. The highest BCUT2D eigenvalue weighted by atomic mass is 28.5. The minimum atomic E-state index is -4.10. The van der Waals surface area contributed by atoms with Crippen LogP contribution in [-0.4, -0.2) is 115 Å². The van der Waals surface area contributed by atoms with Gasteiger partial charge in [-0.05, 0) is 83.1 Å². The predicted octanol–water partition coefficient (Wildman–Crippen LogP) is 5.00. The van der Waals surface area contributed by atoms with Gasteiger partial charge in [0, 0.05) is 85.3 Å². The van der Waals surface area contributed by atoms with E-state index in [0.29, 0.717) is 19.8 Å². The Morgan fingerprint density at radius 2 is 0.452 bits per heavy atom. The first-order valence-electron chi connectivity index (χ1n) is 15.9. The first-order chi connectivity index (χ1) is 20.2. The lowest BCUT2D eigenvalue weighted by molar-refractivity contribution is -0.0146. The first-order valence-corrected chi connectivity index (χ1v) is 23.0. The van der Waals surface area contributed by atoms with E-state index in [2.05, 4.69) is 0 Å². The highest BCUT2D eigenvalue weighted by molar-refractivity contribution is 7.04. The maximum atomic E-state index is 6.79. The van der Waals surface area contributed by atoms with Crippen molar-refractivity contribution in [3.8, 4) is 0 Å². The molecule has 0 saturated heterocycles. The van der Waals surface area contributed by atoms with Crippen LogP contribution in [0.15, 0.2) is 0 Å². The highest BCUT2D eigenvalue weighted by Gasteiger charge is 2.91. The van der Waals surface area contributed by atoms with E-state index in [1.165, 1.54) is 0 Å². The summed E-state index contributed by atoms with van der Waals surface area (Å²) in [5.41, 5.74) is 0. The Morgan fingerprint density at radius 3 is 0.595 bits per heavy atom. The van der Waals surface area contributed by atoms with Gasteiger partial charge in [0.15, 0.2) is 4.28 Å². The topological polar surface area (TPSA) is 111 Å². The van der Waals surface area contributed by atoms with Crippen LogP contribution >= 0.6 is 0 Å². The van der Waals surface area contributed by atoms with Gasteiger partial charge < -0.3 is 53.1 Å². The molecule has 0 N–H and O–H groups in total. The third kappa shape index (κ3) is 9.46. The highest BCUT2D eigenvalue weighted by Crippen LogP contribution is 2.62. The summed E-state index contributed by atoms with van der Waals surface area (Å²) in [4.78, 5) is 0. The van der Waals surface area contributed by atoms with E-state index in [1.807, 2.05) is 83.1 Å². The average molecular weight is 679 g/mol. The SMILES string of the molecule is CCO[Si](CC([Si](OCC)(OCC)OCC)([Si](OCC)(OCC)OCC)[Si](OCC)(OCC)OCC)(OCC)OCC. The van der Waals surface area contributed by atoms with Gasteiger partial charge in [-0.2, -0.15) is 0 Å². The number of rotatable bonds is 29. The molecule has 0 amide bonds. The summed E-state index contributed by atoms with van der Waals surface area (Å²) in [7, 11) is -15.9. The van der Waals surface area contributed by atoms with E-state index in [9.17, 15) is 0 Å². The van der Waals surface area contributed by atoms with Crippen molar-refractivity contribution in [2.75, 3.05) is 79.3 Å². The van der Waals surface area contributed by atoms with Crippen molar-refractivity contribution in [2.45, 2.75) is 93.4 Å². The summed E-state index contributed by atoms with van der Waals surface area (Å²) in [5.74, 6) is 0. The van der Waals surface area contributed by atoms with Crippen LogP contribution in [0.1, 0.15) is 83.1 Å². The zero-order valence-corrected chi connectivity index (χ0v) is 32.6. The Bertz CT molecular complexity index is 547. The summed E-state index contributed by atoms with van der Waals surface area (Å²) in [6.45, 7) is 26.3. The van der Waals surface area contributed by atoms with Gasteiger partial charge >= 0.3 is 35.2 Å². The molecule has 16 heteroatoms. The molecule has 0 radical (unpaired) electrons. The smallest absolute Gasteiger partial charge is 0.374 e. The van der Waals surface area contributed by atoms with Crippen molar-refractivity contribution < 1.29 is 53.1 Å². The lowest BCUT2D eigenvalue weighted by atomic mass is 10.9. The molecular weight excluding hydrogens is 617 g/mol. The van der Waals surface area contributed by atoms with Crippen LogP contribution < -0.4 is 0 Å². The van der Waals surface area contributed by atoms with Gasteiger partial charge in [0.05, 0.1) is 0 Å². The molecule has 0 bridgehead atoms. The molecule has 12 nitrogen and oxygen atoms in total. The van der Waals surface area contributed by atoms with Crippen molar-refractivity contribution in [1.29, 1.82) is 0 Å². The van der Waals surface area contributed by atoms with E-state index < -0.39 is 39.5 Å². The normalized spacial score (nSPS) is 13.7. The molecule has 42 heavy (non-hydrogen) atoms. The fourth-order valence-corrected chi connectivity index (χ4v) is 27.2. The molecule has 0 unspecified atom stereocenters.